The second-order valence-electron chi connectivity index (χ2n) is 5.98. The van der Waals surface area contributed by atoms with Crippen molar-refractivity contribution in [1.29, 1.82) is 0 Å². The van der Waals surface area contributed by atoms with Crippen LogP contribution in [-0.2, 0) is 32.0 Å². The van der Waals surface area contributed by atoms with E-state index in [1.165, 1.54) is 0 Å². The highest BCUT2D eigenvalue weighted by molar-refractivity contribution is 5.50. The lowest BCUT2D eigenvalue weighted by molar-refractivity contribution is 0.00164. The second kappa shape index (κ2) is 13.9. The van der Waals surface area contributed by atoms with Crippen LogP contribution < -0.4 is 9.47 Å². The van der Waals surface area contributed by atoms with Crippen molar-refractivity contribution in [3.63, 3.8) is 0 Å². The van der Waals surface area contributed by atoms with Crippen LogP contribution in [0.15, 0.2) is 35.8 Å². The number of methoxy groups -OCH3 is 4. The normalized spacial score (nSPS) is 12.1. The molecule has 0 unspecified atom stereocenters. The highest BCUT2D eigenvalue weighted by Crippen LogP contribution is 2.33. The number of hydrogen-bond acceptors (Lipinski definition) is 7. The molecule has 0 radical (unpaired) electrons. The number of hydrogen-bond donors (Lipinski definition) is 1. The Hall–Kier alpha value is -2.22. The molecule has 0 heterocycles. The van der Waals surface area contributed by atoms with E-state index in [-0.39, 0.29) is 20.2 Å². The zero-order chi connectivity index (χ0) is 20.8. The van der Waals surface area contributed by atoms with E-state index in [0.717, 1.165) is 29.1 Å². The average Bonchev–Trinajstić information content (AvgIpc) is 2.72. The van der Waals surface area contributed by atoms with Crippen LogP contribution in [0.25, 0.3) is 0 Å². The highest BCUT2D eigenvalue weighted by Gasteiger charge is 2.12. The van der Waals surface area contributed by atoms with Crippen LogP contribution in [0.3, 0.4) is 0 Å². The molecular weight excluding hydrogens is 364 g/mol. The fraction of sp³-hybridized carbons (Fsp3) is 0.524. The van der Waals surface area contributed by atoms with Crippen molar-refractivity contribution in [2.24, 2.45) is 0 Å². The summed E-state index contributed by atoms with van der Waals surface area (Å²) < 4.78 is 31.8. The second-order valence-corrected chi connectivity index (χ2v) is 5.98. The first kappa shape index (κ1) is 23.8. The minimum atomic E-state index is -0.0738. The summed E-state index contributed by atoms with van der Waals surface area (Å²) in [6.07, 6.45) is 5.98. The SMILES string of the molecule is COCOC(C)=CCCC(=CCc1cc(CO)cc(OC)c1OC)OCOC. The van der Waals surface area contributed by atoms with Crippen LogP contribution in [0.1, 0.15) is 30.9 Å². The molecule has 0 spiro atoms. The molecule has 1 aromatic rings. The third-order valence-corrected chi connectivity index (χ3v) is 3.94. The molecule has 0 aromatic heterocycles. The summed E-state index contributed by atoms with van der Waals surface area (Å²) in [6.45, 7) is 2.21. The molecule has 1 aromatic carbocycles. The van der Waals surface area contributed by atoms with E-state index >= 15 is 0 Å². The lowest BCUT2D eigenvalue weighted by atomic mass is 10.0. The first-order chi connectivity index (χ1) is 13.6. The van der Waals surface area contributed by atoms with Gasteiger partial charge in [-0.25, -0.2) is 0 Å². The standard InChI is InChI=1S/C21H32O7/c1-16(27-14-23-2)7-6-8-19(28-15-24-3)10-9-18-11-17(13-22)12-20(25-4)21(18)26-5/h7,10-12,22H,6,8-9,13-15H2,1-5H3. The van der Waals surface area contributed by atoms with Crippen LogP contribution in [0.4, 0.5) is 0 Å². The smallest absolute Gasteiger partial charge is 0.188 e. The van der Waals surface area contributed by atoms with Gasteiger partial charge in [-0.1, -0.05) is 0 Å². The lowest BCUT2D eigenvalue weighted by Crippen LogP contribution is -2.01. The molecule has 0 aliphatic heterocycles. The highest BCUT2D eigenvalue weighted by atomic mass is 16.7. The number of aliphatic hydroxyl groups excluding tert-OH is 1. The van der Waals surface area contributed by atoms with Crippen LogP contribution >= 0.6 is 0 Å². The van der Waals surface area contributed by atoms with Gasteiger partial charge in [0.05, 0.1) is 32.3 Å². The van der Waals surface area contributed by atoms with Gasteiger partial charge in [-0.2, -0.15) is 0 Å². The molecule has 158 valence electrons. The minimum absolute atomic E-state index is 0.0738. The molecule has 7 heteroatoms. The molecule has 0 aliphatic carbocycles. The summed E-state index contributed by atoms with van der Waals surface area (Å²) in [5.74, 6) is 2.83. The van der Waals surface area contributed by atoms with E-state index in [9.17, 15) is 5.11 Å². The van der Waals surface area contributed by atoms with Gasteiger partial charge >= 0.3 is 0 Å². The van der Waals surface area contributed by atoms with Crippen molar-refractivity contribution in [3.05, 3.63) is 46.9 Å². The number of aliphatic hydroxyl groups is 1. The maximum absolute atomic E-state index is 9.49. The summed E-state index contributed by atoms with van der Waals surface area (Å²) in [5.41, 5.74) is 1.66. The Balaban J connectivity index is 2.91. The first-order valence-electron chi connectivity index (χ1n) is 9.03. The van der Waals surface area contributed by atoms with Gasteiger partial charge in [-0.15, -0.1) is 0 Å². The average molecular weight is 396 g/mol. The Morgan fingerprint density at radius 1 is 0.964 bits per heavy atom. The Morgan fingerprint density at radius 3 is 2.29 bits per heavy atom. The largest absolute Gasteiger partial charge is 0.493 e. The van der Waals surface area contributed by atoms with Gasteiger partial charge in [0, 0.05) is 26.2 Å². The first-order valence-corrected chi connectivity index (χ1v) is 9.03. The van der Waals surface area contributed by atoms with E-state index < -0.39 is 0 Å². The van der Waals surface area contributed by atoms with Gasteiger partial charge in [-0.05, 0) is 49.6 Å². The third kappa shape index (κ3) is 8.21. The van der Waals surface area contributed by atoms with Crippen LogP contribution in [0.5, 0.6) is 11.5 Å². The molecule has 1 N–H and O–H groups in total. The predicted molar refractivity (Wildman–Crippen MR) is 106 cm³/mol. The van der Waals surface area contributed by atoms with Gasteiger partial charge < -0.3 is 33.5 Å². The third-order valence-electron chi connectivity index (χ3n) is 3.94. The number of allylic oxidation sites excluding steroid dienone is 4. The predicted octanol–water partition coefficient (Wildman–Crippen LogP) is 3.55. The summed E-state index contributed by atoms with van der Waals surface area (Å²) in [7, 11) is 6.34. The van der Waals surface area contributed by atoms with E-state index in [4.69, 9.17) is 28.4 Å². The zero-order valence-electron chi connectivity index (χ0n) is 17.4. The van der Waals surface area contributed by atoms with E-state index in [1.54, 1.807) is 34.5 Å². The molecule has 0 atom stereocenters. The van der Waals surface area contributed by atoms with Gasteiger partial charge in [0.1, 0.15) is 0 Å². The fourth-order valence-electron chi connectivity index (χ4n) is 2.57. The molecule has 0 aliphatic rings. The van der Waals surface area contributed by atoms with Crippen molar-refractivity contribution in [1.82, 2.24) is 0 Å². The number of ether oxygens (including phenoxy) is 6. The fourth-order valence-corrected chi connectivity index (χ4v) is 2.57. The summed E-state index contributed by atoms with van der Waals surface area (Å²) in [4.78, 5) is 0. The van der Waals surface area contributed by atoms with Gasteiger partial charge in [0.15, 0.2) is 25.1 Å². The Morgan fingerprint density at radius 2 is 1.68 bits per heavy atom. The molecule has 28 heavy (non-hydrogen) atoms. The summed E-state index contributed by atoms with van der Waals surface area (Å²) in [5, 5.41) is 9.49. The van der Waals surface area contributed by atoms with Gasteiger partial charge in [0.2, 0.25) is 0 Å². The van der Waals surface area contributed by atoms with Crippen molar-refractivity contribution < 1.29 is 33.5 Å². The Kier molecular flexibility index (Phi) is 11.8. The molecule has 0 bridgehead atoms. The molecule has 0 amide bonds. The van der Waals surface area contributed by atoms with Gasteiger partial charge in [-0.3, -0.25) is 0 Å². The molecule has 0 fully saturated rings. The van der Waals surface area contributed by atoms with Crippen molar-refractivity contribution in [2.75, 3.05) is 42.0 Å². The quantitative estimate of drug-likeness (QED) is 0.381. The van der Waals surface area contributed by atoms with Crippen LogP contribution in [-0.4, -0.2) is 47.1 Å². The Bertz CT molecular complexity index is 638. The molecule has 1 rings (SSSR count). The van der Waals surface area contributed by atoms with Gasteiger partial charge in [0.25, 0.3) is 0 Å². The van der Waals surface area contributed by atoms with E-state index in [2.05, 4.69) is 0 Å². The minimum Gasteiger partial charge on any atom is -0.493 e. The van der Waals surface area contributed by atoms with Crippen molar-refractivity contribution in [3.8, 4) is 11.5 Å². The summed E-state index contributed by atoms with van der Waals surface area (Å²) >= 11 is 0. The topological polar surface area (TPSA) is 75.6 Å². The Labute approximate surface area is 167 Å². The van der Waals surface area contributed by atoms with Crippen molar-refractivity contribution >= 4 is 0 Å². The van der Waals surface area contributed by atoms with Crippen molar-refractivity contribution in [2.45, 2.75) is 32.8 Å². The van der Waals surface area contributed by atoms with E-state index in [1.807, 2.05) is 25.1 Å². The molecule has 0 saturated heterocycles. The maximum Gasteiger partial charge on any atom is 0.188 e. The zero-order valence-corrected chi connectivity index (χ0v) is 17.4. The number of rotatable bonds is 14. The maximum atomic E-state index is 9.49. The summed E-state index contributed by atoms with van der Waals surface area (Å²) in [6, 6.07) is 3.66. The molecular formula is C21H32O7. The van der Waals surface area contributed by atoms with Crippen LogP contribution in [0, 0.1) is 0 Å². The van der Waals surface area contributed by atoms with E-state index in [0.29, 0.717) is 24.3 Å². The van der Waals surface area contributed by atoms with Crippen LogP contribution in [0.2, 0.25) is 0 Å². The molecule has 7 nitrogen and oxygen atoms in total. The molecule has 0 saturated carbocycles. The lowest BCUT2D eigenvalue weighted by Gasteiger charge is -2.14. The number of benzene rings is 1. The monoisotopic (exact) mass is 396 g/mol.